The number of nitrogens with zero attached hydrogens (tertiary/aromatic N) is 1. The van der Waals surface area contributed by atoms with Gasteiger partial charge in [0.1, 0.15) is 0 Å². The highest BCUT2D eigenvalue weighted by atomic mass is 16.5. The molecule has 18 heavy (non-hydrogen) atoms. The van der Waals surface area contributed by atoms with Crippen molar-refractivity contribution in [3.63, 3.8) is 0 Å². The fraction of sp³-hybridized carbons (Fsp3) is 0.417. The summed E-state index contributed by atoms with van der Waals surface area (Å²) in [6.45, 7) is 5.03. The van der Waals surface area contributed by atoms with Crippen LogP contribution < -0.4 is 26.1 Å². The van der Waals surface area contributed by atoms with Crippen LogP contribution in [0.15, 0.2) is 23.2 Å². The number of guanidine groups is 1. The van der Waals surface area contributed by atoms with E-state index in [4.69, 9.17) is 15.3 Å². The van der Waals surface area contributed by atoms with E-state index in [9.17, 15) is 0 Å². The highest BCUT2D eigenvalue weighted by Gasteiger charge is 2.06. The summed E-state index contributed by atoms with van der Waals surface area (Å²) >= 11 is 0. The van der Waals surface area contributed by atoms with Crippen LogP contribution in [0, 0.1) is 0 Å². The first-order valence-electron chi connectivity index (χ1n) is 5.85. The lowest BCUT2D eigenvalue weighted by atomic mass is 10.2. The smallest absolute Gasteiger partial charge is 0.209 e. The van der Waals surface area contributed by atoms with Gasteiger partial charge in [0.15, 0.2) is 11.5 Å². The third-order valence-electron chi connectivity index (χ3n) is 2.17. The van der Waals surface area contributed by atoms with Crippen LogP contribution in [0.4, 0.5) is 5.69 Å². The number of benzene rings is 1. The molecule has 6 heteroatoms. The lowest BCUT2D eigenvalue weighted by Crippen LogP contribution is -2.36. The predicted molar refractivity (Wildman–Crippen MR) is 73.1 cm³/mol. The van der Waals surface area contributed by atoms with E-state index in [2.05, 4.69) is 15.7 Å². The molecular formula is C12H20N4O2. The third-order valence-corrected chi connectivity index (χ3v) is 2.17. The zero-order valence-electron chi connectivity index (χ0n) is 11.0. The predicted octanol–water partition coefficient (Wildman–Crippen LogP) is 1.34. The molecule has 0 aromatic heterocycles. The van der Waals surface area contributed by atoms with E-state index in [1.165, 1.54) is 0 Å². The minimum atomic E-state index is 0.474. The van der Waals surface area contributed by atoms with Crippen LogP contribution in [0.5, 0.6) is 11.5 Å². The molecule has 1 aromatic rings. The number of rotatable bonds is 5. The Hall–Kier alpha value is -1.95. The highest BCUT2D eigenvalue weighted by Crippen LogP contribution is 2.30. The number of hydrogen-bond donors (Lipinski definition) is 3. The lowest BCUT2D eigenvalue weighted by molar-refractivity contribution is 0.288. The van der Waals surface area contributed by atoms with E-state index in [0.29, 0.717) is 24.9 Å². The summed E-state index contributed by atoms with van der Waals surface area (Å²) in [5.41, 5.74) is 3.28. The van der Waals surface area contributed by atoms with Gasteiger partial charge in [-0.1, -0.05) is 0 Å². The summed E-state index contributed by atoms with van der Waals surface area (Å²) in [6.07, 6.45) is 0. The Bertz CT molecular complexity index is 407. The molecule has 0 radical (unpaired) electrons. The van der Waals surface area contributed by atoms with E-state index in [-0.39, 0.29) is 0 Å². The molecule has 0 atom stereocenters. The summed E-state index contributed by atoms with van der Waals surface area (Å²) in [4.78, 5) is 3.93. The Morgan fingerprint density at radius 2 is 1.89 bits per heavy atom. The summed E-state index contributed by atoms with van der Waals surface area (Å²) in [5, 5.41) is 3.02. The number of ether oxygens (including phenoxy) is 2. The summed E-state index contributed by atoms with van der Waals surface area (Å²) < 4.78 is 11.0. The van der Waals surface area contributed by atoms with Crippen molar-refractivity contribution < 1.29 is 9.47 Å². The van der Waals surface area contributed by atoms with Crippen LogP contribution >= 0.6 is 0 Å². The second-order valence-corrected chi connectivity index (χ2v) is 3.37. The molecule has 0 aliphatic heterocycles. The van der Waals surface area contributed by atoms with Gasteiger partial charge >= 0.3 is 0 Å². The Labute approximate surface area is 107 Å². The SMILES string of the molecule is CCOc1ccc(NC(=NC)NN)cc1OCC. The first kappa shape index (κ1) is 14.1. The fourth-order valence-corrected chi connectivity index (χ4v) is 1.42. The summed E-state index contributed by atoms with van der Waals surface area (Å²) in [6, 6.07) is 5.56. The fourth-order valence-electron chi connectivity index (χ4n) is 1.42. The topological polar surface area (TPSA) is 80.9 Å². The Kier molecular flexibility index (Phi) is 5.79. The maximum Gasteiger partial charge on any atom is 0.209 e. The molecule has 0 bridgehead atoms. The Morgan fingerprint density at radius 1 is 1.22 bits per heavy atom. The average molecular weight is 252 g/mol. The van der Waals surface area contributed by atoms with Gasteiger partial charge in [0.25, 0.3) is 0 Å². The number of aliphatic imine (C=N–C) groups is 1. The number of hydrogen-bond acceptors (Lipinski definition) is 4. The van der Waals surface area contributed by atoms with Crippen molar-refractivity contribution in [1.82, 2.24) is 5.43 Å². The van der Waals surface area contributed by atoms with Crippen molar-refractivity contribution >= 4 is 11.6 Å². The van der Waals surface area contributed by atoms with Crippen LogP contribution in [0.2, 0.25) is 0 Å². The summed E-state index contributed by atoms with van der Waals surface area (Å²) in [5.74, 6) is 7.19. The molecule has 6 nitrogen and oxygen atoms in total. The van der Waals surface area contributed by atoms with Crippen molar-refractivity contribution in [2.45, 2.75) is 13.8 Å². The van der Waals surface area contributed by atoms with Crippen molar-refractivity contribution in [2.24, 2.45) is 10.8 Å². The average Bonchev–Trinajstić information content (AvgIpc) is 2.39. The first-order chi connectivity index (χ1) is 8.74. The molecule has 0 aliphatic carbocycles. The van der Waals surface area contributed by atoms with E-state index < -0.39 is 0 Å². The van der Waals surface area contributed by atoms with Crippen LogP contribution in [0.3, 0.4) is 0 Å². The summed E-state index contributed by atoms with van der Waals surface area (Å²) in [7, 11) is 1.64. The van der Waals surface area contributed by atoms with Crippen LogP contribution in [0.1, 0.15) is 13.8 Å². The van der Waals surface area contributed by atoms with E-state index in [1.807, 2.05) is 32.0 Å². The number of nitrogens with one attached hydrogen (secondary N) is 2. The van der Waals surface area contributed by atoms with Gasteiger partial charge < -0.3 is 14.8 Å². The minimum Gasteiger partial charge on any atom is -0.490 e. The van der Waals surface area contributed by atoms with Crippen molar-refractivity contribution in [3.05, 3.63) is 18.2 Å². The van der Waals surface area contributed by atoms with Gasteiger partial charge in [0, 0.05) is 18.8 Å². The minimum absolute atomic E-state index is 0.474. The van der Waals surface area contributed by atoms with Crippen LogP contribution in [-0.4, -0.2) is 26.2 Å². The molecule has 0 fully saturated rings. The van der Waals surface area contributed by atoms with Gasteiger partial charge in [-0.05, 0) is 26.0 Å². The maximum absolute atomic E-state index is 5.52. The molecule has 0 saturated heterocycles. The van der Waals surface area contributed by atoms with Crippen LogP contribution in [0.25, 0.3) is 0 Å². The second-order valence-electron chi connectivity index (χ2n) is 3.37. The van der Waals surface area contributed by atoms with Crippen molar-refractivity contribution in [1.29, 1.82) is 0 Å². The van der Waals surface area contributed by atoms with Gasteiger partial charge in [-0.3, -0.25) is 10.4 Å². The largest absolute Gasteiger partial charge is 0.490 e. The Balaban J connectivity index is 2.91. The van der Waals surface area contributed by atoms with E-state index >= 15 is 0 Å². The molecule has 1 aromatic carbocycles. The lowest BCUT2D eigenvalue weighted by Gasteiger charge is -2.13. The molecule has 0 amide bonds. The molecule has 0 spiro atoms. The van der Waals surface area contributed by atoms with Gasteiger partial charge in [0.2, 0.25) is 5.96 Å². The molecule has 0 heterocycles. The number of anilines is 1. The van der Waals surface area contributed by atoms with E-state index in [0.717, 1.165) is 11.4 Å². The van der Waals surface area contributed by atoms with Gasteiger partial charge in [-0.25, -0.2) is 5.84 Å². The number of nitrogens with two attached hydrogens (primary N) is 1. The first-order valence-corrected chi connectivity index (χ1v) is 5.85. The molecule has 0 aliphatic rings. The monoisotopic (exact) mass is 252 g/mol. The molecular weight excluding hydrogens is 232 g/mol. The number of hydrazine groups is 1. The van der Waals surface area contributed by atoms with Crippen molar-refractivity contribution in [2.75, 3.05) is 25.6 Å². The van der Waals surface area contributed by atoms with Gasteiger partial charge in [-0.15, -0.1) is 0 Å². The second kappa shape index (κ2) is 7.39. The standard InChI is InChI=1S/C12H20N4O2/c1-4-17-10-7-6-9(8-11(10)18-5-2)15-12(14-3)16-13/h6-8H,4-5,13H2,1-3H3,(H2,14,15,16). The molecule has 0 saturated carbocycles. The molecule has 1 rings (SSSR count). The molecule has 100 valence electrons. The highest BCUT2D eigenvalue weighted by molar-refractivity contribution is 5.93. The maximum atomic E-state index is 5.52. The normalized spacial score (nSPS) is 11.0. The quantitative estimate of drug-likeness (QED) is 0.319. The molecule has 0 unspecified atom stereocenters. The van der Waals surface area contributed by atoms with E-state index in [1.54, 1.807) is 7.05 Å². The zero-order valence-corrected chi connectivity index (χ0v) is 11.0. The zero-order chi connectivity index (χ0) is 13.4. The third kappa shape index (κ3) is 3.81. The van der Waals surface area contributed by atoms with Crippen molar-refractivity contribution in [3.8, 4) is 11.5 Å². The van der Waals surface area contributed by atoms with Gasteiger partial charge in [0.05, 0.1) is 13.2 Å². The Morgan fingerprint density at radius 3 is 2.44 bits per heavy atom. The van der Waals surface area contributed by atoms with Crippen LogP contribution in [-0.2, 0) is 0 Å². The molecule has 4 N–H and O–H groups in total. The van der Waals surface area contributed by atoms with Gasteiger partial charge in [-0.2, -0.15) is 0 Å².